The van der Waals surface area contributed by atoms with Gasteiger partial charge in [0.25, 0.3) is 0 Å². The number of hydrogen-bond acceptors (Lipinski definition) is 9. The lowest BCUT2D eigenvalue weighted by Gasteiger charge is -2.44. The zero-order chi connectivity index (χ0) is 33.7. The van der Waals surface area contributed by atoms with Gasteiger partial charge in [-0.05, 0) is 60.4 Å². The van der Waals surface area contributed by atoms with E-state index in [1.807, 2.05) is 31.3 Å². The number of aromatic nitrogens is 1. The minimum absolute atomic E-state index is 0.531. The second-order valence-corrected chi connectivity index (χ2v) is 10.8. The van der Waals surface area contributed by atoms with Crippen LogP contribution in [0.3, 0.4) is 0 Å². The van der Waals surface area contributed by atoms with E-state index in [2.05, 4.69) is 24.3 Å². The van der Waals surface area contributed by atoms with Crippen molar-refractivity contribution >= 4 is 34.8 Å². The monoisotopic (exact) mass is 595 g/mol. The van der Waals surface area contributed by atoms with Crippen molar-refractivity contribution < 1.29 is 48.3 Å². The van der Waals surface area contributed by atoms with Crippen molar-refractivity contribution in [1.29, 1.82) is 0 Å². The summed E-state index contributed by atoms with van der Waals surface area (Å²) in [6, 6.07) is 14.1. The van der Waals surface area contributed by atoms with Crippen LogP contribution in [0.1, 0.15) is 80.3 Å². The number of esters is 4. The Hall–Kier alpha value is -4.18. The number of carbonyl (C=O) groups is 4. The first kappa shape index (κ1) is 25.3. The molecule has 2 heterocycles. The number of aryl methyl sites for hydroxylation is 1. The topological polar surface area (TPSA) is 119 Å². The van der Waals surface area contributed by atoms with Gasteiger partial charge in [-0.1, -0.05) is 36.4 Å². The predicted molar refractivity (Wildman–Crippen MR) is 155 cm³/mol. The zero-order valence-electron chi connectivity index (χ0n) is 27.9. The molecule has 1 saturated carbocycles. The standard InChI is InChI=1S/C33H37NO9/c1-18-7-6-8-27-29(18)26(15-23-9-11-24(12-10-23)25-13-14-25)16-34(27)33-32(42-22(5)38)31(41-21(4)37)30(40-20(3)36)28(43-33)17-39-19(2)35/h6-12,16,25,28,30-33H,13-15,17H2,1-5H3/t28-,30-,31+,32-,33?/m1/s1/i2D,3D,4D,5D. The SMILES string of the molecule is [2H]CC(=O)OC[C@H]1OC(n2cc(Cc3ccc(C4CC4)cc3)c3c(C)cccc32)[C@H](OC(=O)C[2H])[C@@H](OC(=O)C[2H])[C@@H]1OC(=O)C[2H]. The Kier molecular flexibility index (Phi) is 7.42. The third-order valence-corrected chi connectivity index (χ3v) is 7.66. The van der Waals surface area contributed by atoms with E-state index in [-0.39, 0.29) is 0 Å². The van der Waals surface area contributed by atoms with E-state index in [9.17, 15) is 19.2 Å². The highest BCUT2D eigenvalue weighted by atomic mass is 16.7. The summed E-state index contributed by atoms with van der Waals surface area (Å²) in [5, 5.41) is 0.910. The summed E-state index contributed by atoms with van der Waals surface area (Å²) in [7, 11) is 0. The smallest absolute Gasteiger partial charge is 0.303 e. The molecule has 5 atom stereocenters. The summed E-state index contributed by atoms with van der Waals surface area (Å²) in [5.74, 6) is -3.31. The average Bonchev–Trinajstić information content (AvgIpc) is 3.87. The van der Waals surface area contributed by atoms with Gasteiger partial charge < -0.3 is 28.3 Å². The molecule has 1 aliphatic heterocycles. The van der Waals surface area contributed by atoms with Gasteiger partial charge >= 0.3 is 23.9 Å². The van der Waals surface area contributed by atoms with Crippen molar-refractivity contribution in [3.8, 4) is 0 Å². The van der Waals surface area contributed by atoms with Gasteiger partial charge in [-0.25, -0.2) is 0 Å². The lowest BCUT2D eigenvalue weighted by atomic mass is 9.97. The molecule has 2 fully saturated rings. The van der Waals surface area contributed by atoms with E-state index < -0.39 is 88.7 Å². The predicted octanol–water partition coefficient (Wildman–Crippen LogP) is 4.67. The Morgan fingerprint density at radius 3 is 2.16 bits per heavy atom. The van der Waals surface area contributed by atoms with Crippen molar-refractivity contribution in [3.05, 3.63) is 70.9 Å². The van der Waals surface area contributed by atoms with Crippen molar-refractivity contribution in [3.63, 3.8) is 0 Å². The molecular formula is C33H37NO9. The van der Waals surface area contributed by atoms with Gasteiger partial charge in [0.05, 0.1) is 5.52 Å². The van der Waals surface area contributed by atoms with Gasteiger partial charge in [-0.15, -0.1) is 0 Å². The first-order valence-corrected chi connectivity index (χ1v) is 13.9. The molecule has 0 bridgehead atoms. The van der Waals surface area contributed by atoms with Crippen molar-refractivity contribution in [2.75, 3.05) is 6.61 Å². The molecule has 2 aliphatic rings. The van der Waals surface area contributed by atoms with E-state index in [1.54, 1.807) is 4.57 Å². The fourth-order valence-corrected chi connectivity index (χ4v) is 5.76. The summed E-state index contributed by atoms with van der Waals surface area (Å²) in [6.07, 6.45) is -2.37. The largest absolute Gasteiger partial charge is 0.463 e. The summed E-state index contributed by atoms with van der Waals surface area (Å²) in [6.45, 7) is -1.66. The minimum atomic E-state index is -1.57. The van der Waals surface area contributed by atoms with Crippen LogP contribution < -0.4 is 0 Å². The van der Waals surface area contributed by atoms with Gasteiger partial charge in [-0.3, -0.25) is 19.2 Å². The summed E-state index contributed by atoms with van der Waals surface area (Å²) >= 11 is 0. The molecule has 0 amide bonds. The van der Waals surface area contributed by atoms with Crippen molar-refractivity contribution in [2.45, 2.75) is 90.3 Å². The van der Waals surface area contributed by atoms with E-state index >= 15 is 0 Å². The van der Waals surface area contributed by atoms with E-state index in [0.29, 0.717) is 17.9 Å². The molecule has 10 heteroatoms. The summed E-state index contributed by atoms with van der Waals surface area (Å²) < 4.78 is 59.9. The van der Waals surface area contributed by atoms with E-state index in [0.717, 1.165) is 22.1 Å². The number of nitrogens with zero attached hydrogens (tertiary/aromatic N) is 1. The molecule has 5 rings (SSSR count). The molecule has 0 N–H and O–H groups in total. The lowest BCUT2D eigenvalue weighted by molar-refractivity contribution is -0.267. The number of fused-ring (bicyclic) bond motifs is 1. The highest BCUT2D eigenvalue weighted by Crippen LogP contribution is 2.41. The molecule has 2 aromatic carbocycles. The highest BCUT2D eigenvalue weighted by Gasteiger charge is 2.53. The van der Waals surface area contributed by atoms with Gasteiger partial charge in [0.15, 0.2) is 24.5 Å². The number of benzene rings is 2. The highest BCUT2D eigenvalue weighted by molar-refractivity contribution is 5.87. The van der Waals surface area contributed by atoms with E-state index in [1.165, 1.54) is 18.4 Å². The second-order valence-electron chi connectivity index (χ2n) is 10.8. The van der Waals surface area contributed by atoms with Crippen molar-refractivity contribution in [1.82, 2.24) is 4.57 Å². The Bertz CT molecular complexity index is 1610. The maximum Gasteiger partial charge on any atom is 0.303 e. The van der Waals surface area contributed by atoms with E-state index in [4.69, 9.17) is 29.2 Å². The molecule has 1 unspecified atom stereocenters. The van der Waals surface area contributed by atoms with Gasteiger partial charge in [-0.2, -0.15) is 0 Å². The lowest BCUT2D eigenvalue weighted by Crippen LogP contribution is -2.60. The third kappa shape index (κ3) is 6.91. The van der Waals surface area contributed by atoms with Crippen molar-refractivity contribution in [2.24, 2.45) is 0 Å². The Morgan fingerprint density at radius 1 is 0.860 bits per heavy atom. The maximum absolute atomic E-state index is 12.6. The van der Waals surface area contributed by atoms with Crippen LogP contribution in [0.25, 0.3) is 10.9 Å². The van der Waals surface area contributed by atoms with Gasteiger partial charge in [0.2, 0.25) is 0 Å². The number of hydrogen-bond donors (Lipinski definition) is 0. The average molecular weight is 596 g/mol. The van der Waals surface area contributed by atoms with Crippen LogP contribution >= 0.6 is 0 Å². The minimum Gasteiger partial charge on any atom is -0.463 e. The Labute approximate surface area is 255 Å². The van der Waals surface area contributed by atoms with Crippen LogP contribution in [-0.2, 0) is 49.3 Å². The molecule has 3 aromatic rings. The van der Waals surface area contributed by atoms with Crippen LogP contribution in [0, 0.1) is 6.92 Å². The first-order valence-electron chi connectivity index (χ1n) is 16.7. The molecule has 0 spiro atoms. The van der Waals surface area contributed by atoms with Crippen LogP contribution in [0.2, 0.25) is 0 Å². The molecule has 43 heavy (non-hydrogen) atoms. The Balaban J connectivity index is 1.61. The van der Waals surface area contributed by atoms with Gasteiger partial charge in [0, 0.05) is 44.7 Å². The number of rotatable bonds is 9. The molecule has 1 saturated heterocycles. The van der Waals surface area contributed by atoms with Crippen LogP contribution in [0.4, 0.5) is 0 Å². The fraction of sp³-hybridized carbons (Fsp3) is 0.455. The normalized spacial score (nSPS) is 24.6. The fourth-order valence-electron chi connectivity index (χ4n) is 5.76. The van der Waals surface area contributed by atoms with Gasteiger partial charge in [0.1, 0.15) is 12.7 Å². The quantitative estimate of drug-likeness (QED) is 0.257. The van der Waals surface area contributed by atoms with Crippen LogP contribution in [-0.4, -0.2) is 59.5 Å². The third-order valence-electron chi connectivity index (χ3n) is 7.66. The zero-order valence-corrected chi connectivity index (χ0v) is 23.9. The van der Waals surface area contributed by atoms with Crippen LogP contribution in [0.5, 0.6) is 0 Å². The molecule has 10 nitrogen and oxygen atoms in total. The number of carbonyl (C=O) groups excluding carboxylic acids is 4. The first-order chi connectivity index (χ1) is 22.7. The Morgan fingerprint density at radius 2 is 1.51 bits per heavy atom. The molecule has 0 radical (unpaired) electrons. The second kappa shape index (κ2) is 12.6. The summed E-state index contributed by atoms with van der Waals surface area (Å²) in [5.41, 5.74) is 4.95. The maximum atomic E-state index is 12.6. The molecular weight excluding hydrogens is 554 g/mol. The summed E-state index contributed by atoms with van der Waals surface area (Å²) in [4.78, 5) is 49.6. The molecule has 1 aliphatic carbocycles. The van der Waals surface area contributed by atoms with Crippen LogP contribution in [0.15, 0.2) is 48.7 Å². The number of ether oxygens (including phenoxy) is 5. The molecule has 228 valence electrons. The molecule has 1 aromatic heterocycles.